The van der Waals surface area contributed by atoms with Crippen molar-refractivity contribution < 1.29 is 33.4 Å². The number of anilines is 1. The lowest BCUT2D eigenvalue weighted by Gasteiger charge is -2.23. The van der Waals surface area contributed by atoms with E-state index in [0.717, 1.165) is 22.7 Å². The van der Waals surface area contributed by atoms with E-state index in [9.17, 15) is 19.5 Å². The zero-order valence-electron chi connectivity index (χ0n) is 20.7. The summed E-state index contributed by atoms with van der Waals surface area (Å²) in [4.78, 5) is 44.3. The van der Waals surface area contributed by atoms with E-state index in [1.54, 1.807) is 38.1 Å². The van der Waals surface area contributed by atoms with Crippen LogP contribution < -0.4 is 9.64 Å². The van der Waals surface area contributed by atoms with Gasteiger partial charge in [0.15, 0.2) is 5.13 Å². The third-order valence-electron chi connectivity index (χ3n) is 5.93. The molecule has 1 aliphatic rings. The zero-order valence-corrected chi connectivity index (χ0v) is 21.5. The Balaban J connectivity index is 1.91. The lowest BCUT2D eigenvalue weighted by atomic mass is 9.93. The van der Waals surface area contributed by atoms with Crippen molar-refractivity contribution in [3.63, 3.8) is 0 Å². The van der Waals surface area contributed by atoms with Crippen LogP contribution in [-0.2, 0) is 14.3 Å². The Hall–Kier alpha value is -4.05. The van der Waals surface area contributed by atoms with Crippen molar-refractivity contribution >= 4 is 39.9 Å². The molecule has 4 rings (SSSR count). The molecule has 0 bridgehead atoms. The summed E-state index contributed by atoms with van der Waals surface area (Å²) in [6.07, 6.45) is 0.820. The van der Waals surface area contributed by atoms with Gasteiger partial charge in [0.1, 0.15) is 28.2 Å². The molecule has 0 spiro atoms. The van der Waals surface area contributed by atoms with Crippen molar-refractivity contribution in [2.24, 2.45) is 0 Å². The van der Waals surface area contributed by atoms with Crippen molar-refractivity contribution in [1.82, 2.24) is 4.98 Å². The Morgan fingerprint density at radius 2 is 1.92 bits per heavy atom. The second kappa shape index (κ2) is 10.5. The van der Waals surface area contributed by atoms with Gasteiger partial charge in [0.05, 0.1) is 25.0 Å². The number of aliphatic hydroxyl groups is 1. The topological polar surface area (TPSA) is 106 Å². The van der Waals surface area contributed by atoms with Crippen LogP contribution in [0.1, 0.15) is 51.4 Å². The molecule has 3 aromatic rings. The molecule has 0 radical (unpaired) electrons. The number of Topliss-reactive ketones (excluding diaryl/α,β-unsaturated/α-hetero) is 1. The predicted octanol–water partition coefficient (Wildman–Crippen LogP) is 5.10. The number of amides is 1. The third kappa shape index (κ3) is 4.72. The van der Waals surface area contributed by atoms with E-state index in [4.69, 9.17) is 9.47 Å². The van der Waals surface area contributed by atoms with E-state index in [2.05, 4.69) is 4.98 Å². The van der Waals surface area contributed by atoms with Crippen molar-refractivity contribution in [3.05, 3.63) is 81.1 Å². The van der Waals surface area contributed by atoms with Crippen LogP contribution >= 0.6 is 11.3 Å². The normalized spacial score (nSPS) is 16.8. The number of ether oxygens (including phenoxy) is 2. The van der Waals surface area contributed by atoms with Crippen LogP contribution in [0.4, 0.5) is 9.52 Å². The van der Waals surface area contributed by atoms with Crippen LogP contribution in [0.3, 0.4) is 0 Å². The molecule has 1 atom stereocenters. The number of nitrogens with zero attached hydrogens (tertiary/aromatic N) is 2. The maximum Gasteiger partial charge on any atom is 0.350 e. The van der Waals surface area contributed by atoms with E-state index < -0.39 is 35.3 Å². The highest BCUT2D eigenvalue weighted by Crippen LogP contribution is 2.45. The lowest BCUT2D eigenvalue weighted by molar-refractivity contribution is -0.132. The van der Waals surface area contributed by atoms with Gasteiger partial charge in [-0.2, -0.15) is 0 Å². The molecular formula is C27H25FN2O6S. The van der Waals surface area contributed by atoms with E-state index in [1.807, 2.05) is 6.92 Å². The number of rotatable bonds is 7. The predicted molar refractivity (Wildman–Crippen MR) is 136 cm³/mol. The van der Waals surface area contributed by atoms with E-state index >= 15 is 4.39 Å². The van der Waals surface area contributed by atoms with Crippen molar-refractivity contribution in [3.8, 4) is 5.75 Å². The molecule has 8 nitrogen and oxygen atoms in total. The van der Waals surface area contributed by atoms with Gasteiger partial charge < -0.3 is 14.6 Å². The third-order valence-corrected chi connectivity index (χ3v) is 7.07. The summed E-state index contributed by atoms with van der Waals surface area (Å²) in [7, 11) is 1.22. The number of aliphatic hydroxyl groups excluding tert-OH is 1. The van der Waals surface area contributed by atoms with Gasteiger partial charge in [-0.3, -0.25) is 14.5 Å². The van der Waals surface area contributed by atoms with Crippen molar-refractivity contribution in [2.75, 3.05) is 18.6 Å². The van der Waals surface area contributed by atoms with Gasteiger partial charge in [-0.1, -0.05) is 36.5 Å². The van der Waals surface area contributed by atoms with Gasteiger partial charge in [-0.25, -0.2) is 14.2 Å². The molecule has 1 fully saturated rings. The second-order valence-corrected chi connectivity index (χ2v) is 9.40. The molecule has 1 unspecified atom stereocenters. The molecule has 10 heteroatoms. The van der Waals surface area contributed by atoms with Crippen LogP contribution in [-0.4, -0.2) is 41.5 Å². The minimum Gasteiger partial charge on any atom is -0.507 e. The standard InChI is InChI=1S/C27H25FN2O6S/c1-5-12-36-16-10-11-17(14(2)13-16)22(31)20-21(18-8-6-7-9-19(18)28)30(25(33)23(20)32)27-29-15(3)24(37-27)26(34)35-4/h6-11,13,21,31H,5,12H2,1-4H3/b22-20+. The Morgan fingerprint density at radius 3 is 2.57 bits per heavy atom. The Labute approximate surface area is 217 Å². The summed E-state index contributed by atoms with van der Waals surface area (Å²) in [6, 6.07) is 9.32. The van der Waals surface area contributed by atoms with Crippen molar-refractivity contribution in [1.29, 1.82) is 0 Å². The molecule has 0 aliphatic carbocycles. The first-order valence-electron chi connectivity index (χ1n) is 11.5. The Morgan fingerprint density at radius 1 is 1.19 bits per heavy atom. The molecular weight excluding hydrogens is 499 g/mol. The van der Waals surface area contributed by atoms with Crippen LogP contribution in [0.5, 0.6) is 5.75 Å². The SMILES string of the molecule is CCCOc1ccc(/C(O)=C2\C(=O)C(=O)N(c3nc(C)c(C(=O)OC)s3)C2c2ccccc2F)c(C)c1. The number of hydrogen-bond donors (Lipinski definition) is 1. The summed E-state index contributed by atoms with van der Waals surface area (Å²) in [5.74, 6) is -3.18. The Kier molecular flexibility index (Phi) is 7.40. The average Bonchev–Trinajstić information content (AvgIpc) is 3.38. The Bertz CT molecular complexity index is 1430. The van der Waals surface area contributed by atoms with E-state index in [-0.39, 0.29) is 21.1 Å². The maximum absolute atomic E-state index is 15.1. The molecule has 1 N–H and O–H groups in total. The minimum atomic E-state index is -1.31. The number of esters is 1. The summed E-state index contributed by atoms with van der Waals surface area (Å²) in [5, 5.41) is 11.4. The number of carbonyl (C=O) groups is 3. The smallest absolute Gasteiger partial charge is 0.350 e. The molecule has 1 aliphatic heterocycles. The number of halogens is 1. The maximum atomic E-state index is 15.1. The molecule has 1 aromatic heterocycles. The number of benzene rings is 2. The zero-order chi connectivity index (χ0) is 26.9. The summed E-state index contributed by atoms with van der Waals surface area (Å²) in [5.41, 5.74) is 0.903. The number of ketones is 1. The average molecular weight is 525 g/mol. The highest BCUT2D eigenvalue weighted by atomic mass is 32.1. The fourth-order valence-electron chi connectivity index (χ4n) is 4.14. The number of hydrogen-bond acceptors (Lipinski definition) is 8. The van der Waals surface area contributed by atoms with Gasteiger partial charge in [0, 0.05) is 11.1 Å². The molecule has 192 valence electrons. The second-order valence-electron chi connectivity index (χ2n) is 8.42. The fraction of sp³-hybridized carbons (Fsp3) is 0.259. The first-order valence-corrected chi connectivity index (χ1v) is 12.4. The van der Waals surface area contributed by atoms with E-state index in [0.29, 0.717) is 29.2 Å². The molecule has 1 saturated heterocycles. The quantitative estimate of drug-likeness (QED) is 0.198. The van der Waals surface area contributed by atoms with E-state index in [1.165, 1.54) is 25.3 Å². The van der Waals surface area contributed by atoms with Gasteiger partial charge >= 0.3 is 11.9 Å². The molecule has 0 saturated carbocycles. The molecule has 37 heavy (non-hydrogen) atoms. The van der Waals surface area contributed by atoms with Gasteiger partial charge in [-0.15, -0.1) is 0 Å². The number of aromatic nitrogens is 1. The summed E-state index contributed by atoms with van der Waals surface area (Å²) >= 11 is 0.846. The molecule has 2 heterocycles. The summed E-state index contributed by atoms with van der Waals surface area (Å²) < 4.78 is 25.5. The van der Waals surface area contributed by atoms with Crippen LogP contribution in [0.25, 0.3) is 5.76 Å². The molecule has 2 aromatic carbocycles. The number of thiazole rings is 1. The minimum absolute atomic E-state index is 0.00345. The molecule has 1 amide bonds. The van der Waals surface area contributed by atoms with Crippen LogP contribution in [0.2, 0.25) is 0 Å². The number of methoxy groups -OCH3 is 1. The fourth-order valence-corrected chi connectivity index (χ4v) is 5.16. The highest BCUT2D eigenvalue weighted by Gasteiger charge is 2.49. The lowest BCUT2D eigenvalue weighted by Crippen LogP contribution is -2.29. The summed E-state index contributed by atoms with van der Waals surface area (Å²) in [6.45, 7) is 5.79. The van der Waals surface area contributed by atoms with Crippen molar-refractivity contribution in [2.45, 2.75) is 33.2 Å². The van der Waals surface area contributed by atoms with Gasteiger partial charge in [0.2, 0.25) is 0 Å². The van der Waals surface area contributed by atoms with Crippen LogP contribution in [0.15, 0.2) is 48.0 Å². The number of carbonyl (C=O) groups excluding carboxylic acids is 3. The monoisotopic (exact) mass is 524 g/mol. The largest absolute Gasteiger partial charge is 0.507 e. The van der Waals surface area contributed by atoms with Gasteiger partial charge in [0.25, 0.3) is 5.78 Å². The first kappa shape index (κ1) is 26.0. The number of aryl methyl sites for hydroxylation is 2. The van der Waals surface area contributed by atoms with Crippen LogP contribution in [0, 0.1) is 19.7 Å². The first-order chi connectivity index (χ1) is 17.7. The van der Waals surface area contributed by atoms with Gasteiger partial charge in [-0.05, 0) is 50.1 Å². The highest BCUT2D eigenvalue weighted by molar-refractivity contribution is 7.17.